The van der Waals surface area contributed by atoms with Crippen molar-refractivity contribution in [1.29, 1.82) is 0 Å². The van der Waals surface area contributed by atoms with Crippen LogP contribution < -0.4 is 0 Å². The highest BCUT2D eigenvalue weighted by molar-refractivity contribution is 14.1. The molecule has 76 valence electrons. The summed E-state index contributed by atoms with van der Waals surface area (Å²) in [4.78, 5) is 2.47. The van der Waals surface area contributed by atoms with Crippen molar-refractivity contribution in [2.24, 2.45) is 0 Å². The SMILES string of the molecule is O[C@H]1CCN(C2CCN(I)CC2)C1. The molecule has 0 aromatic carbocycles. The third kappa shape index (κ3) is 2.55. The fourth-order valence-corrected chi connectivity index (χ4v) is 2.86. The Morgan fingerprint density at radius 3 is 2.31 bits per heavy atom. The van der Waals surface area contributed by atoms with Gasteiger partial charge in [-0.25, -0.2) is 3.11 Å². The van der Waals surface area contributed by atoms with Crippen molar-refractivity contribution in [1.82, 2.24) is 8.01 Å². The van der Waals surface area contributed by atoms with Gasteiger partial charge < -0.3 is 5.11 Å². The quantitative estimate of drug-likeness (QED) is 0.574. The second-order valence-electron chi connectivity index (χ2n) is 4.08. The predicted octanol–water partition coefficient (Wildman–Crippen LogP) is 0.867. The maximum atomic E-state index is 9.43. The van der Waals surface area contributed by atoms with E-state index in [0.717, 1.165) is 25.6 Å². The van der Waals surface area contributed by atoms with E-state index in [1.54, 1.807) is 0 Å². The zero-order valence-electron chi connectivity index (χ0n) is 7.82. The van der Waals surface area contributed by atoms with Crippen LogP contribution in [0, 0.1) is 0 Å². The minimum Gasteiger partial charge on any atom is -0.392 e. The minimum absolute atomic E-state index is 0.0577. The van der Waals surface area contributed by atoms with E-state index in [2.05, 4.69) is 30.9 Å². The molecule has 2 aliphatic heterocycles. The molecular formula is C9H17IN2O. The van der Waals surface area contributed by atoms with Crippen molar-refractivity contribution in [3.8, 4) is 0 Å². The lowest BCUT2D eigenvalue weighted by Gasteiger charge is -2.33. The van der Waals surface area contributed by atoms with Crippen LogP contribution in [-0.2, 0) is 0 Å². The van der Waals surface area contributed by atoms with Crippen molar-refractivity contribution in [3.05, 3.63) is 0 Å². The number of piperidine rings is 1. The zero-order chi connectivity index (χ0) is 9.26. The summed E-state index contributed by atoms with van der Waals surface area (Å²) in [6, 6.07) is 0.739. The number of halogens is 1. The van der Waals surface area contributed by atoms with Crippen LogP contribution in [0.15, 0.2) is 0 Å². The number of β-amino-alcohol motifs (C(OH)–C–C–N with tert-alkyl or cyclic N) is 1. The van der Waals surface area contributed by atoms with E-state index in [4.69, 9.17) is 0 Å². The van der Waals surface area contributed by atoms with Gasteiger partial charge in [-0.1, -0.05) is 0 Å². The molecule has 2 heterocycles. The Morgan fingerprint density at radius 1 is 1.08 bits per heavy atom. The molecule has 13 heavy (non-hydrogen) atoms. The van der Waals surface area contributed by atoms with E-state index >= 15 is 0 Å². The predicted molar refractivity (Wildman–Crippen MR) is 60.8 cm³/mol. The van der Waals surface area contributed by atoms with E-state index in [1.807, 2.05) is 0 Å². The molecule has 0 radical (unpaired) electrons. The molecule has 0 saturated carbocycles. The molecule has 2 fully saturated rings. The van der Waals surface area contributed by atoms with Gasteiger partial charge in [-0.2, -0.15) is 0 Å². The topological polar surface area (TPSA) is 26.7 Å². The van der Waals surface area contributed by atoms with Crippen LogP contribution in [0.2, 0.25) is 0 Å². The van der Waals surface area contributed by atoms with E-state index < -0.39 is 0 Å². The molecule has 2 saturated heterocycles. The van der Waals surface area contributed by atoms with E-state index in [1.165, 1.54) is 25.9 Å². The molecule has 4 heteroatoms. The van der Waals surface area contributed by atoms with Gasteiger partial charge >= 0.3 is 0 Å². The van der Waals surface area contributed by atoms with E-state index in [0.29, 0.717) is 0 Å². The van der Waals surface area contributed by atoms with Crippen LogP contribution in [0.1, 0.15) is 19.3 Å². The summed E-state index contributed by atoms with van der Waals surface area (Å²) in [5.41, 5.74) is 0. The molecule has 0 aromatic rings. The first kappa shape index (κ1) is 10.1. The Bertz CT molecular complexity index is 171. The number of hydrogen-bond acceptors (Lipinski definition) is 3. The Hall–Kier alpha value is 0.610. The number of aliphatic hydroxyl groups excluding tert-OH is 1. The molecule has 0 bridgehead atoms. The molecule has 0 aromatic heterocycles. The fraction of sp³-hybridized carbons (Fsp3) is 1.00. The first-order valence-electron chi connectivity index (χ1n) is 5.08. The Labute approximate surface area is 93.6 Å². The third-order valence-electron chi connectivity index (χ3n) is 3.12. The van der Waals surface area contributed by atoms with Crippen molar-refractivity contribution in [3.63, 3.8) is 0 Å². The Balaban J connectivity index is 1.81. The van der Waals surface area contributed by atoms with Crippen LogP contribution in [0.3, 0.4) is 0 Å². The van der Waals surface area contributed by atoms with Gasteiger partial charge in [0.25, 0.3) is 0 Å². The van der Waals surface area contributed by atoms with E-state index in [9.17, 15) is 5.11 Å². The first-order valence-corrected chi connectivity index (χ1v) is 6.05. The van der Waals surface area contributed by atoms with Crippen LogP contribution in [-0.4, -0.2) is 51.4 Å². The third-order valence-corrected chi connectivity index (χ3v) is 4.09. The molecule has 0 spiro atoms. The molecule has 0 unspecified atom stereocenters. The standard InChI is InChI=1S/C9H17IN2O/c10-12-5-1-8(2-6-12)11-4-3-9(13)7-11/h8-9,13H,1-7H2/t9-/m0/s1. The maximum Gasteiger partial charge on any atom is 0.0679 e. The highest BCUT2D eigenvalue weighted by atomic mass is 127. The average Bonchev–Trinajstić information content (AvgIpc) is 2.53. The Morgan fingerprint density at radius 2 is 1.77 bits per heavy atom. The summed E-state index contributed by atoms with van der Waals surface area (Å²) in [6.45, 7) is 4.43. The summed E-state index contributed by atoms with van der Waals surface area (Å²) in [5, 5.41) is 9.43. The van der Waals surface area contributed by atoms with Crippen LogP contribution in [0.5, 0.6) is 0 Å². The van der Waals surface area contributed by atoms with Gasteiger partial charge in [0.1, 0.15) is 0 Å². The normalized spacial score (nSPS) is 34.2. The summed E-state index contributed by atoms with van der Waals surface area (Å²) < 4.78 is 2.36. The summed E-state index contributed by atoms with van der Waals surface area (Å²) in [7, 11) is 0. The fourth-order valence-electron chi connectivity index (χ4n) is 2.30. The van der Waals surface area contributed by atoms with Gasteiger partial charge in [0, 0.05) is 55.1 Å². The lowest BCUT2D eigenvalue weighted by atomic mass is 10.1. The largest absolute Gasteiger partial charge is 0.392 e. The summed E-state index contributed by atoms with van der Waals surface area (Å²) >= 11 is 2.40. The molecule has 2 aliphatic rings. The van der Waals surface area contributed by atoms with Crippen molar-refractivity contribution in [2.75, 3.05) is 26.2 Å². The number of likely N-dealkylation sites (tertiary alicyclic amines) is 1. The van der Waals surface area contributed by atoms with Crippen molar-refractivity contribution >= 4 is 22.9 Å². The first-order chi connectivity index (χ1) is 6.25. The monoisotopic (exact) mass is 296 g/mol. The smallest absolute Gasteiger partial charge is 0.0679 e. The molecule has 2 rings (SSSR count). The molecular weight excluding hydrogens is 279 g/mol. The maximum absolute atomic E-state index is 9.43. The van der Waals surface area contributed by atoms with Gasteiger partial charge in [-0.15, -0.1) is 0 Å². The highest BCUT2D eigenvalue weighted by Crippen LogP contribution is 2.22. The molecule has 3 nitrogen and oxygen atoms in total. The molecule has 0 aliphatic carbocycles. The lowest BCUT2D eigenvalue weighted by molar-refractivity contribution is 0.137. The number of aliphatic hydroxyl groups is 1. The second-order valence-corrected chi connectivity index (χ2v) is 5.44. The van der Waals surface area contributed by atoms with E-state index in [-0.39, 0.29) is 6.10 Å². The van der Waals surface area contributed by atoms with Crippen molar-refractivity contribution in [2.45, 2.75) is 31.4 Å². The number of hydrogen-bond donors (Lipinski definition) is 1. The molecule has 0 amide bonds. The Kier molecular flexibility index (Phi) is 3.45. The summed E-state index contributed by atoms with van der Waals surface area (Å²) in [5.74, 6) is 0. The number of rotatable bonds is 1. The molecule has 1 N–H and O–H groups in total. The van der Waals surface area contributed by atoms with Gasteiger partial charge in [0.05, 0.1) is 6.10 Å². The molecule has 1 atom stereocenters. The van der Waals surface area contributed by atoms with Crippen LogP contribution in [0.4, 0.5) is 0 Å². The van der Waals surface area contributed by atoms with Gasteiger partial charge in [0.2, 0.25) is 0 Å². The van der Waals surface area contributed by atoms with Gasteiger partial charge in [0.15, 0.2) is 0 Å². The average molecular weight is 296 g/mol. The zero-order valence-corrected chi connectivity index (χ0v) is 9.98. The summed E-state index contributed by atoms with van der Waals surface area (Å²) in [6.07, 6.45) is 3.47. The van der Waals surface area contributed by atoms with Gasteiger partial charge in [-0.3, -0.25) is 4.90 Å². The second kappa shape index (κ2) is 4.42. The number of nitrogens with zero attached hydrogens (tertiary/aromatic N) is 2. The van der Waals surface area contributed by atoms with Crippen LogP contribution >= 0.6 is 22.9 Å². The lowest BCUT2D eigenvalue weighted by Crippen LogP contribution is -2.41. The van der Waals surface area contributed by atoms with Gasteiger partial charge in [-0.05, 0) is 19.3 Å². The highest BCUT2D eigenvalue weighted by Gasteiger charge is 2.28. The van der Waals surface area contributed by atoms with Crippen LogP contribution in [0.25, 0.3) is 0 Å². The minimum atomic E-state index is -0.0577. The van der Waals surface area contributed by atoms with Crippen molar-refractivity contribution < 1.29 is 5.11 Å².